The molecule has 1 N–H and O–H groups in total. The molecule has 0 spiro atoms. The highest BCUT2D eigenvalue weighted by Crippen LogP contribution is 2.52. The summed E-state index contributed by atoms with van der Waals surface area (Å²) in [6.07, 6.45) is 9.08. The molecule has 2 aromatic rings. The van der Waals surface area contributed by atoms with E-state index in [1.807, 2.05) is 30.1 Å². The van der Waals surface area contributed by atoms with Gasteiger partial charge in [-0.3, -0.25) is 13.2 Å². The maximum Gasteiger partial charge on any atom is 0.303 e. The van der Waals surface area contributed by atoms with Gasteiger partial charge >= 0.3 is 5.97 Å². The van der Waals surface area contributed by atoms with E-state index in [-0.39, 0.29) is 35.4 Å². The number of allylic oxidation sites excluding steroid dienone is 4. The van der Waals surface area contributed by atoms with Crippen LogP contribution >= 0.6 is 12.0 Å². The number of hydrogen-bond donors (Lipinski definition) is 1. The van der Waals surface area contributed by atoms with Gasteiger partial charge in [0.1, 0.15) is 11.9 Å². The summed E-state index contributed by atoms with van der Waals surface area (Å²) in [4.78, 5) is 15.9. The molecule has 2 aliphatic rings. The first kappa shape index (κ1) is 55.1. The summed E-state index contributed by atoms with van der Waals surface area (Å²) in [6.45, 7) is 13.6. The molecule has 2 heterocycles. The van der Waals surface area contributed by atoms with Crippen molar-refractivity contribution in [2.24, 2.45) is 5.41 Å². The van der Waals surface area contributed by atoms with Gasteiger partial charge in [0.15, 0.2) is 0 Å². The molecule has 0 saturated carbocycles. The zero-order valence-corrected chi connectivity index (χ0v) is 42.2. The van der Waals surface area contributed by atoms with Gasteiger partial charge in [-0.15, -0.1) is 0 Å². The Bertz CT molecular complexity index is 2190. The molecule has 0 aromatic heterocycles. The summed E-state index contributed by atoms with van der Waals surface area (Å²) in [5.41, 5.74) is 4.11. The van der Waals surface area contributed by atoms with Crippen LogP contribution in [0.2, 0.25) is 0 Å². The Hall–Kier alpha value is -3.50. The molecular formula is C47H70N2O14S3. The highest BCUT2D eigenvalue weighted by Gasteiger charge is 2.44. The third kappa shape index (κ3) is 16.1. The summed E-state index contributed by atoms with van der Waals surface area (Å²) in [7, 11) is -2.31. The van der Waals surface area contributed by atoms with Crippen LogP contribution in [-0.4, -0.2) is 140 Å². The molecule has 0 fully saturated rings. The van der Waals surface area contributed by atoms with Crippen molar-refractivity contribution in [2.45, 2.75) is 76.2 Å². The molecule has 0 radical (unpaired) electrons. The number of anilines is 2. The van der Waals surface area contributed by atoms with Gasteiger partial charge in [0.2, 0.25) is 0 Å². The number of ether oxygens (including phenoxy) is 5. The average Bonchev–Trinajstić information content (AvgIpc) is 3.50. The predicted molar refractivity (Wildman–Crippen MR) is 258 cm³/mol. The number of methoxy groups -OCH3 is 1. The maximum atomic E-state index is 12.9. The van der Waals surface area contributed by atoms with Crippen molar-refractivity contribution in [2.75, 3.05) is 116 Å². The van der Waals surface area contributed by atoms with Crippen molar-refractivity contribution in [3.8, 4) is 5.75 Å². The van der Waals surface area contributed by atoms with E-state index in [0.29, 0.717) is 76.9 Å². The van der Waals surface area contributed by atoms with Crippen LogP contribution in [0.1, 0.15) is 70.9 Å². The van der Waals surface area contributed by atoms with Gasteiger partial charge in [-0.05, 0) is 110 Å². The quantitative estimate of drug-likeness (QED) is 0.0452. The minimum absolute atomic E-state index is 0.0403. The van der Waals surface area contributed by atoms with E-state index in [9.17, 15) is 26.7 Å². The van der Waals surface area contributed by atoms with Crippen LogP contribution in [0.4, 0.5) is 11.4 Å². The maximum absolute atomic E-state index is 12.9. The number of hydrogen-bond acceptors (Lipinski definition) is 16. The smallest absolute Gasteiger partial charge is 0.303 e. The van der Waals surface area contributed by atoms with Crippen LogP contribution in [0.15, 0.2) is 71.3 Å². The first-order valence-electron chi connectivity index (χ1n) is 22.2. The summed E-state index contributed by atoms with van der Waals surface area (Å²) in [5, 5.41) is 9.58. The molecule has 2 aliphatic heterocycles. The van der Waals surface area contributed by atoms with E-state index in [1.165, 1.54) is 18.1 Å². The van der Waals surface area contributed by atoms with E-state index >= 15 is 0 Å². The van der Waals surface area contributed by atoms with Crippen molar-refractivity contribution < 1.29 is 63.0 Å². The lowest BCUT2D eigenvalue weighted by Gasteiger charge is -2.33. The van der Waals surface area contributed by atoms with Gasteiger partial charge in [-0.2, -0.15) is 16.8 Å². The zero-order valence-electron chi connectivity index (χ0n) is 39.7. The highest BCUT2D eigenvalue weighted by molar-refractivity contribution is 7.94. The second kappa shape index (κ2) is 26.3. The normalized spacial score (nSPS) is 18.1. The summed E-state index contributed by atoms with van der Waals surface area (Å²) < 4.78 is 94.2. The number of fused-ring (bicyclic) bond motifs is 2. The lowest BCUT2D eigenvalue weighted by Crippen LogP contribution is -2.30. The van der Waals surface area contributed by atoms with Gasteiger partial charge in [-0.1, -0.05) is 26.8 Å². The molecule has 370 valence electrons. The number of aliphatic carboxylic acids is 1. The highest BCUT2D eigenvalue weighted by atomic mass is 32.2. The molecule has 16 nitrogen and oxygen atoms in total. The van der Waals surface area contributed by atoms with E-state index in [4.69, 9.17) is 36.2 Å². The molecular weight excluding hydrogens is 913 g/mol. The summed E-state index contributed by atoms with van der Waals surface area (Å²) in [5.74, 6) is 0.383. The Morgan fingerprint density at radius 1 is 0.894 bits per heavy atom. The van der Waals surface area contributed by atoms with Crippen LogP contribution in [0.3, 0.4) is 0 Å². The monoisotopic (exact) mass is 982 g/mol. The van der Waals surface area contributed by atoms with Crippen LogP contribution < -0.4 is 14.5 Å². The van der Waals surface area contributed by atoms with E-state index in [1.54, 1.807) is 26.4 Å². The lowest BCUT2D eigenvalue weighted by molar-refractivity contribution is -0.137. The Morgan fingerprint density at radius 3 is 2.23 bits per heavy atom. The fraction of sp³-hybridized carbons (Fsp3) is 0.596. The predicted octanol–water partition coefficient (Wildman–Crippen LogP) is 7.24. The molecule has 2 atom stereocenters. The van der Waals surface area contributed by atoms with Crippen LogP contribution in [-0.2, 0) is 61.9 Å². The Kier molecular flexibility index (Phi) is 22.0. The van der Waals surface area contributed by atoms with Crippen molar-refractivity contribution >= 4 is 55.2 Å². The van der Waals surface area contributed by atoms with E-state index in [2.05, 4.69) is 49.9 Å². The fourth-order valence-corrected chi connectivity index (χ4v) is 9.71. The van der Waals surface area contributed by atoms with Gasteiger partial charge in [0.05, 0.1) is 78.2 Å². The number of carboxylic acid groups (broad SMARTS) is 1. The standard InChI is InChI=1S/C47H70N2O14S3/c1-46(2,3)40-34-37(63-43-33-36(16-18-39(40)43)48(21-11-31-64-57-6)23-24-60-27-28-62-30-29-61-26-25-56-5)13-9-14-44-47(4,20-10-15-45(50)51)41-35-38(66(54,55)59-8)17-19-42(41)49(44)22-12-32-65(52,53)58-7/h9,13-14,16-19,33-35,37H,10-12,15,20-32H2,1-8H3,(H,50,51)/b13-9+,44-14+. The molecule has 2 unspecified atom stereocenters. The van der Waals surface area contributed by atoms with Gasteiger partial charge in [0, 0.05) is 73.0 Å². The van der Waals surface area contributed by atoms with Crippen molar-refractivity contribution in [1.29, 1.82) is 0 Å². The average molecular weight is 983 g/mol. The number of carboxylic acids is 1. The Labute approximate surface area is 397 Å². The number of benzene rings is 2. The second-order valence-electron chi connectivity index (χ2n) is 17.0. The van der Waals surface area contributed by atoms with Crippen LogP contribution in [0, 0.1) is 5.41 Å². The third-order valence-electron chi connectivity index (χ3n) is 11.3. The SMILES string of the molecule is COCCOCCOCCOCCN(CCCSOC)c1ccc2c(c1)OC(/C=C/C=C1/N(CCCS(=O)(=O)OC)c3ccc(S(=O)(=O)OC)cc3C1(C)CCCC(=O)O)C=C2C(C)(C)C. The molecule has 66 heavy (non-hydrogen) atoms. The van der Waals surface area contributed by atoms with Gasteiger partial charge in [0.25, 0.3) is 20.2 Å². The zero-order chi connectivity index (χ0) is 48.4. The second-order valence-corrected chi connectivity index (χ2v) is 21.5. The summed E-state index contributed by atoms with van der Waals surface area (Å²) in [6, 6.07) is 11.0. The molecule has 2 aromatic carbocycles. The van der Waals surface area contributed by atoms with E-state index in [0.717, 1.165) is 61.2 Å². The van der Waals surface area contributed by atoms with Crippen LogP contribution in [0.5, 0.6) is 5.75 Å². The Balaban J connectivity index is 1.65. The molecule has 19 heteroatoms. The third-order valence-corrected chi connectivity index (χ3v) is 14.6. The van der Waals surface area contributed by atoms with Crippen molar-refractivity contribution in [3.05, 3.63) is 77.5 Å². The van der Waals surface area contributed by atoms with Crippen LogP contribution in [0.25, 0.3) is 5.57 Å². The van der Waals surface area contributed by atoms with Gasteiger partial charge in [-0.25, -0.2) is 0 Å². The van der Waals surface area contributed by atoms with Gasteiger partial charge < -0.3 is 42.8 Å². The minimum atomic E-state index is -4.07. The fourth-order valence-electron chi connectivity index (χ4n) is 7.96. The van der Waals surface area contributed by atoms with Crippen molar-refractivity contribution in [1.82, 2.24) is 0 Å². The van der Waals surface area contributed by atoms with Crippen molar-refractivity contribution in [3.63, 3.8) is 0 Å². The number of rotatable bonds is 31. The van der Waals surface area contributed by atoms with E-state index < -0.39 is 37.7 Å². The molecule has 0 aliphatic carbocycles. The lowest BCUT2D eigenvalue weighted by atomic mass is 9.77. The molecule has 0 saturated heterocycles. The number of carbonyl (C=O) groups is 1. The summed E-state index contributed by atoms with van der Waals surface area (Å²) >= 11 is 1.42. The molecule has 4 rings (SSSR count). The first-order valence-corrected chi connectivity index (χ1v) is 26.1. The molecule has 0 bridgehead atoms. The molecule has 0 amide bonds. The largest absolute Gasteiger partial charge is 0.482 e. The topological polar surface area (TPSA) is 186 Å². The minimum Gasteiger partial charge on any atom is -0.482 e. The first-order chi connectivity index (χ1) is 31.4. The number of nitrogens with zero attached hydrogens (tertiary/aromatic N) is 2. The Morgan fingerprint density at radius 2 is 1.59 bits per heavy atom.